The van der Waals surface area contributed by atoms with Crippen LogP contribution in [0.1, 0.15) is 32.9 Å². The van der Waals surface area contributed by atoms with Crippen molar-refractivity contribution in [1.29, 1.82) is 0 Å². The average molecular weight is 403 g/mol. The lowest BCUT2D eigenvalue weighted by atomic mass is 10.1. The van der Waals surface area contributed by atoms with Crippen LogP contribution in [0.25, 0.3) is 10.9 Å². The molecule has 2 N–H and O–H groups in total. The van der Waals surface area contributed by atoms with Crippen molar-refractivity contribution in [3.63, 3.8) is 0 Å². The normalized spacial score (nSPS) is 11.9. The summed E-state index contributed by atoms with van der Waals surface area (Å²) in [6.45, 7) is 1.59. The number of fused-ring (bicyclic) bond motifs is 1. The minimum Gasteiger partial charge on any atom is -0.476 e. The zero-order chi connectivity index (χ0) is 19.2. The van der Waals surface area contributed by atoms with Gasteiger partial charge in [0.1, 0.15) is 0 Å². The Balaban J connectivity index is 2.07. The van der Waals surface area contributed by atoms with Crippen molar-refractivity contribution in [3.05, 3.63) is 62.5 Å². The van der Waals surface area contributed by atoms with Crippen LogP contribution < -0.4 is 0 Å². The number of H-pyrrole nitrogens is 1. The molecule has 9 heteroatoms. The second-order valence-corrected chi connectivity index (χ2v) is 6.56. The number of halogens is 5. The van der Waals surface area contributed by atoms with Gasteiger partial charge in [-0.1, -0.05) is 23.2 Å². The van der Waals surface area contributed by atoms with Gasteiger partial charge < -0.3 is 10.1 Å². The number of aromatic amines is 1. The molecule has 0 fully saturated rings. The smallest absolute Gasteiger partial charge is 0.416 e. The number of alkyl halides is 3. The van der Waals surface area contributed by atoms with E-state index in [1.165, 1.54) is 6.20 Å². The van der Waals surface area contributed by atoms with Crippen LogP contribution in [0.15, 0.2) is 24.4 Å². The number of carbonyl (C=O) groups is 1. The number of rotatable bonds is 3. The van der Waals surface area contributed by atoms with E-state index in [2.05, 4.69) is 9.97 Å². The third-order valence-corrected chi connectivity index (χ3v) is 4.70. The minimum absolute atomic E-state index is 0.101. The minimum atomic E-state index is -4.45. The second-order valence-electron chi connectivity index (χ2n) is 5.78. The molecule has 1 aromatic carbocycles. The molecule has 0 atom stereocenters. The van der Waals surface area contributed by atoms with E-state index < -0.39 is 17.7 Å². The van der Waals surface area contributed by atoms with Gasteiger partial charge in [0.15, 0.2) is 5.69 Å². The monoisotopic (exact) mass is 402 g/mol. The molecule has 0 unspecified atom stereocenters. The Kier molecular flexibility index (Phi) is 4.62. The fourth-order valence-corrected chi connectivity index (χ4v) is 3.30. The summed E-state index contributed by atoms with van der Waals surface area (Å²) in [6.07, 6.45) is -3.14. The Labute approximate surface area is 155 Å². The predicted molar refractivity (Wildman–Crippen MR) is 92.1 cm³/mol. The predicted octanol–water partition coefficient (Wildman–Crippen LogP) is 5.49. The highest BCUT2D eigenvalue weighted by Gasteiger charge is 2.31. The van der Waals surface area contributed by atoms with Gasteiger partial charge in [-0.05, 0) is 36.2 Å². The van der Waals surface area contributed by atoms with Gasteiger partial charge >= 0.3 is 12.1 Å². The molecule has 0 aliphatic heterocycles. The van der Waals surface area contributed by atoms with Crippen molar-refractivity contribution in [3.8, 4) is 0 Å². The third-order valence-electron chi connectivity index (χ3n) is 3.97. The SMILES string of the molecule is Cc1cc(C(F)(F)F)cc2[nH]c(Cc3c(Cl)cnc(C(=O)O)c3Cl)cc12. The number of nitrogens with zero attached hydrogens (tertiary/aromatic N) is 1. The fourth-order valence-electron chi connectivity index (χ4n) is 2.74. The summed E-state index contributed by atoms with van der Waals surface area (Å²) in [7, 11) is 0. The van der Waals surface area contributed by atoms with E-state index in [1.54, 1.807) is 13.0 Å². The molecule has 3 rings (SSSR count). The molecule has 2 aromatic heterocycles. The van der Waals surface area contributed by atoms with Crippen molar-refractivity contribution < 1.29 is 23.1 Å². The zero-order valence-electron chi connectivity index (χ0n) is 13.2. The number of hydrogen-bond acceptors (Lipinski definition) is 2. The number of carboxylic acid groups (broad SMARTS) is 1. The largest absolute Gasteiger partial charge is 0.476 e. The average Bonchev–Trinajstić information content (AvgIpc) is 2.93. The molecule has 0 aliphatic carbocycles. The summed E-state index contributed by atoms with van der Waals surface area (Å²) in [6, 6.07) is 3.80. The molecule has 0 radical (unpaired) electrons. The first kappa shape index (κ1) is 18.5. The van der Waals surface area contributed by atoms with Crippen LogP contribution in [-0.2, 0) is 12.6 Å². The third kappa shape index (κ3) is 3.37. The Bertz CT molecular complexity index is 1030. The number of carboxylic acids is 1. The van der Waals surface area contributed by atoms with Gasteiger partial charge in [-0.25, -0.2) is 9.78 Å². The van der Waals surface area contributed by atoms with E-state index in [4.69, 9.17) is 28.3 Å². The van der Waals surface area contributed by atoms with E-state index in [1.807, 2.05) is 0 Å². The van der Waals surface area contributed by atoms with Crippen LogP contribution in [0.4, 0.5) is 13.2 Å². The Morgan fingerprint density at radius 2 is 1.96 bits per heavy atom. The maximum Gasteiger partial charge on any atom is 0.416 e. The highest BCUT2D eigenvalue weighted by Crippen LogP contribution is 2.34. The number of aromatic carboxylic acids is 1. The van der Waals surface area contributed by atoms with E-state index in [9.17, 15) is 18.0 Å². The van der Waals surface area contributed by atoms with E-state index in [0.717, 1.165) is 12.1 Å². The van der Waals surface area contributed by atoms with Crippen molar-refractivity contribution in [2.75, 3.05) is 0 Å². The van der Waals surface area contributed by atoms with Gasteiger partial charge in [-0.3, -0.25) is 0 Å². The molecular weight excluding hydrogens is 392 g/mol. The molecule has 3 aromatic rings. The van der Waals surface area contributed by atoms with E-state index in [-0.39, 0.29) is 22.2 Å². The van der Waals surface area contributed by atoms with Crippen molar-refractivity contribution >= 4 is 40.1 Å². The summed E-state index contributed by atoms with van der Waals surface area (Å²) >= 11 is 12.2. The maximum absolute atomic E-state index is 13.0. The van der Waals surface area contributed by atoms with Crippen molar-refractivity contribution in [2.45, 2.75) is 19.5 Å². The zero-order valence-corrected chi connectivity index (χ0v) is 14.7. The molecule has 26 heavy (non-hydrogen) atoms. The molecule has 0 amide bonds. The second kappa shape index (κ2) is 6.48. The molecule has 136 valence electrons. The molecule has 0 saturated heterocycles. The molecule has 2 heterocycles. The van der Waals surface area contributed by atoms with Gasteiger partial charge in [-0.15, -0.1) is 0 Å². The van der Waals surface area contributed by atoms with Crippen LogP contribution in [0.2, 0.25) is 10.0 Å². The number of aromatic nitrogens is 2. The van der Waals surface area contributed by atoms with Gasteiger partial charge in [0.05, 0.1) is 15.6 Å². The van der Waals surface area contributed by atoms with Gasteiger partial charge in [0, 0.05) is 29.2 Å². The number of aryl methyl sites for hydroxylation is 1. The van der Waals surface area contributed by atoms with Crippen LogP contribution in [0, 0.1) is 6.92 Å². The standard InChI is InChI=1S/C17H11Cl2F3N2O2/c1-7-2-8(17(20,21)22)3-13-10(7)4-9(24-13)5-11-12(18)6-23-15(14(11)19)16(25)26/h2-4,6,24H,5H2,1H3,(H,25,26). The first-order valence-electron chi connectivity index (χ1n) is 7.33. The lowest BCUT2D eigenvalue weighted by molar-refractivity contribution is -0.137. The number of nitrogens with one attached hydrogen (secondary N) is 1. The molecule has 0 spiro atoms. The Morgan fingerprint density at radius 1 is 1.27 bits per heavy atom. The number of benzene rings is 1. The molecule has 0 saturated carbocycles. The Morgan fingerprint density at radius 3 is 2.58 bits per heavy atom. The summed E-state index contributed by atoms with van der Waals surface area (Å²) in [5.41, 5.74) is 0.596. The van der Waals surface area contributed by atoms with Crippen LogP contribution in [0.5, 0.6) is 0 Å². The summed E-state index contributed by atoms with van der Waals surface area (Å²) in [4.78, 5) is 17.7. The fraction of sp³-hybridized carbons (Fsp3) is 0.176. The van der Waals surface area contributed by atoms with E-state index in [0.29, 0.717) is 27.7 Å². The molecular formula is C17H11Cl2F3N2O2. The summed E-state index contributed by atoms with van der Waals surface area (Å²) < 4.78 is 38.9. The first-order chi connectivity index (χ1) is 12.1. The molecule has 4 nitrogen and oxygen atoms in total. The highest BCUT2D eigenvalue weighted by molar-refractivity contribution is 6.37. The van der Waals surface area contributed by atoms with Gasteiger partial charge in [-0.2, -0.15) is 13.2 Å². The number of hydrogen-bond donors (Lipinski definition) is 2. The maximum atomic E-state index is 13.0. The highest BCUT2D eigenvalue weighted by atomic mass is 35.5. The van der Waals surface area contributed by atoms with Gasteiger partial charge in [0.25, 0.3) is 0 Å². The quantitative estimate of drug-likeness (QED) is 0.608. The lowest BCUT2D eigenvalue weighted by Crippen LogP contribution is -2.05. The van der Waals surface area contributed by atoms with Crippen LogP contribution in [-0.4, -0.2) is 21.0 Å². The van der Waals surface area contributed by atoms with Gasteiger partial charge in [0.2, 0.25) is 0 Å². The van der Waals surface area contributed by atoms with Crippen LogP contribution in [0.3, 0.4) is 0 Å². The summed E-state index contributed by atoms with van der Waals surface area (Å²) in [5, 5.41) is 9.80. The van der Waals surface area contributed by atoms with Crippen molar-refractivity contribution in [2.24, 2.45) is 0 Å². The summed E-state index contributed by atoms with van der Waals surface area (Å²) in [5.74, 6) is -1.30. The topological polar surface area (TPSA) is 66.0 Å². The first-order valence-corrected chi connectivity index (χ1v) is 8.09. The van der Waals surface area contributed by atoms with Crippen LogP contribution >= 0.6 is 23.2 Å². The number of pyridine rings is 1. The lowest BCUT2D eigenvalue weighted by Gasteiger charge is -2.08. The van der Waals surface area contributed by atoms with E-state index >= 15 is 0 Å². The Hall–Kier alpha value is -2.25. The molecule has 0 bridgehead atoms. The molecule has 0 aliphatic rings. The van der Waals surface area contributed by atoms with Crippen molar-refractivity contribution in [1.82, 2.24) is 9.97 Å².